The Bertz CT molecular complexity index is 497. The van der Waals surface area contributed by atoms with E-state index in [4.69, 9.17) is 4.74 Å². The van der Waals surface area contributed by atoms with Crippen molar-refractivity contribution in [2.24, 2.45) is 0 Å². The molecule has 1 aromatic heterocycles. The lowest BCUT2D eigenvalue weighted by Gasteiger charge is -2.06. The predicted molar refractivity (Wildman–Crippen MR) is 57.9 cm³/mol. The molecule has 4 heteroatoms. The van der Waals surface area contributed by atoms with Crippen LogP contribution in [-0.4, -0.2) is 17.3 Å². The monoisotopic (exact) mass is 218 g/mol. The smallest absolute Gasteiger partial charge is 0.298 e. The van der Waals surface area contributed by atoms with Crippen molar-refractivity contribution >= 4 is 0 Å². The third-order valence-corrected chi connectivity index (χ3v) is 2.27. The Balaban J connectivity index is 2.68. The van der Waals surface area contributed by atoms with Crippen LogP contribution < -0.4 is 9.30 Å². The molecule has 0 saturated carbocycles. The number of aromatic nitrogens is 1. The van der Waals surface area contributed by atoms with Crippen LogP contribution in [0.4, 0.5) is 0 Å². The van der Waals surface area contributed by atoms with Gasteiger partial charge in [0, 0.05) is 12.1 Å². The van der Waals surface area contributed by atoms with Gasteiger partial charge in [0.15, 0.2) is 23.9 Å². The Hall–Kier alpha value is -2.23. The maximum absolute atomic E-state index is 9.79. The van der Waals surface area contributed by atoms with Gasteiger partial charge >= 0.3 is 0 Å². The van der Waals surface area contributed by atoms with Gasteiger partial charge in [-0.1, -0.05) is 6.07 Å². The van der Waals surface area contributed by atoms with Crippen molar-refractivity contribution in [2.75, 3.05) is 7.11 Å². The topological polar surface area (TPSA) is 53.6 Å². The van der Waals surface area contributed by atoms with Crippen LogP contribution in [0.5, 0.6) is 17.2 Å². The molecule has 0 aliphatic rings. The second-order valence-corrected chi connectivity index (χ2v) is 3.27. The first-order valence-electron chi connectivity index (χ1n) is 4.79. The lowest BCUT2D eigenvalue weighted by molar-refractivity contribution is -0.596. The number of hydrogen-bond acceptors (Lipinski definition) is 3. The molecule has 2 rings (SSSR count). The quantitative estimate of drug-likeness (QED) is 0.591. The summed E-state index contributed by atoms with van der Waals surface area (Å²) in [6, 6.07) is 8.32. The number of hydrogen-bond donors (Lipinski definition) is 2. The van der Waals surface area contributed by atoms with E-state index >= 15 is 0 Å². The van der Waals surface area contributed by atoms with Gasteiger partial charge in [-0.15, -0.1) is 0 Å². The number of phenols is 2. The van der Waals surface area contributed by atoms with Gasteiger partial charge in [-0.25, -0.2) is 0 Å². The third-order valence-electron chi connectivity index (χ3n) is 2.27. The maximum atomic E-state index is 9.79. The molecule has 2 aromatic rings. The first-order chi connectivity index (χ1) is 7.74. The Morgan fingerprint density at radius 3 is 2.25 bits per heavy atom. The van der Waals surface area contributed by atoms with E-state index in [9.17, 15) is 10.2 Å². The molecule has 1 heterocycles. The lowest BCUT2D eigenvalue weighted by atomic mass is 10.2. The maximum Gasteiger partial charge on any atom is 0.298 e. The number of pyridine rings is 1. The van der Waals surface area contributed by atoms with Crippen molar-refractivity contribution in [1.82, 2.24) is 0 Å². The summed E-state index contributed by atoms with van der Waals surface area (Å²) in [7, 11) is 1.45. The van der Waals surface area contributed by atoms with Gasteiger partial charge < -0.3 is 14.9 Å². The largest absolute Gasteiger partial charge is 0.504 e. The Morgan fingerprint density at radius 2 is 1.62 bits per heavy atom. The number of benzene rings is 1. The van der Waals surface area contributed by atoms with Crippen LogP contribution in [-0.2, 0) is 0 Å². The average Bonchev–Trinajstić information content (AvgIpc) is 2.33. The molecule has 0 saturated heterocycles. The lowest BCUT2D eigenvalue weighted by Crippen LogP contribution is -2.29. The molecular formula is C12H12NO3+. The van der Waals surface area contributed by atoms with E-state index in [1.807, 2.05) is 18.2 Å². The molecule has 0 atom stereocenters. The standard InChI is InChI=1S/C12H11NO3/c1-16-12-10(15)6-5-9(14)11(12)13-7-3-2-4-8-13/h2-8H,1H3,(H-,14,15)/p+1. The molecule has 82 valence electrons. The van der Waals surface area contributed by atoms with Crippen LogP contribution in [0.2, 0.25) is 0 Å². The zero-order valence-electron chi connectivity index (χ0n) is 8.79. The minimum atomic E-state index is -0.00773. The van der Waals surface area contributed by atoms with E-state index in [-0.39, 0.29) is 17.2 Å². The summed E-state index contributed by atoms with van der Waals surface area (Å²) in [5, 5.41) is 19.4. The molecule has 0 unspecified atom stereocenters. The third kappa shape index (κ3) is 1.65. The summed E-state index contributed by atoms with van der Waals surface area (Å²) in [4.78, 5) is 0. The first kappa shape index (κ1) is 10.3. The highest BCUT2D eigenvalue weighted by atomic mass is 16.5. The number of methoxy groups -OCH3 is 1. The van der Waals surface area contributed by atoms with Crippen molar-refractivity contribution in [2.45, 2.75) is 0 Å². The number of nitrogens with zero attached hydrogens (tertiary/aromatic N) is 1. The molecule has 4 nitrogen and oxygen atoms in total. The van der Waals surface area contributed by atoms with E-state index in [1.165, 1.54) is 19.2 Å². The van der Waals surface area contributed by atoms with E-state index in [1.54, 1.807) is 17.0 Å². The van der Waals surface area contributed by atoms with Gasteiger partial charge in [-0.2, -0.15) is 4.57 Å². The fourth-order valence-electron chi connectivity index (χ4n) is 1.55. The molecule has 0 aliphatic carbocycles. The SMILES string of the molecule is COc1c(O)ccc(O)c1-[n+]1ccccc1. The van der Waals surface area contributed by atoms with Crippen molar-refractivity contribution in [1.29, 1.82) is 0 Å². The van der Waals surface area contributed by atoms with Crippen LogP contribution in [0.15, 0.2) is 42.7 Å². The minimum absolute atomic E-state index is 0.00773. The number of phenolic OH excluding ortho intramolecular Hbond substituents is 2. The molecule has 16 heavy (non-hydrogen) atoms. The Morgan fingerprint density at radius 1 is 1.00 bits per heavy atom. The average molecular weight is 218 g/mol. The van der Waals surface area contributed by atoms with Gasteiger partial charge in [0.25, 0.3) is 5.69 Å². The van der Waals surface area contributed by atoms with E-state index in [0.29, 0.717) is 5.69 Å². The number of rotatable bonds is 2. The van der Waals surface area contributed by atoms with Crippen molar-refractivity contribution < 1.29 is 19.5 Å². The fraction of sp³-hybridized carbons (Fsp3) is 0.0833. The van der Waals surface area contributed by atoms with Gasteiger partial charge in [0.1, 0.15) is 0 Å². The fourth-order valence-corrected chi connectivity index (χ4v) is 1.55. The van der Waals surface area contributed by atoms with E-state index in [2.05, 4.69) is 0 Å². The highest BCUT2D eigenvalue weighted by Crippen LogP contribution is 2.35. The summed E-state index contributed by atoms with van der Waals surface area (Å²) >= 11 is 0. The zero-order chi connectivity index (χ0) is 11.5. The van der Waals surface area contributed by atoms with Crippen molar-refractivity contribution in [3.63, 3.8) is 0 Å². The normalized spacial score (nSPS) is 10.1. The summed E-state index contributed by atoms with van der Waals surface area (Å²) in [6.45, 7) is 0. The summed E-state index contributed by atoms with van der Waals surface area (Å²) in [5.41, 5.74) is 0.420. The second kappa shape index (κ2) is 4.10. The highest BCUT2D eigenvalue weighted by Gasteiger charge is 2.22. The molecule has 0 bridgehead atoms. The van der Waals surface area contributed by atoms with Gasteiger partial charge in [-0.05, 0) is 12.1 Å². The molecule has 1 aromatic carbocycles. The minimum Gasteiger partial charge on any atom is -0.504 e. The molecule has 2 N–H and O–H groups in total. The van der Waals surface area contributed by atoms with Gasteiger partial charge in [0.2, 0.25) is 5.75 Å². The number of aromatic hydroxyl groups is 2. The molecule has 0 aliphatic heterocycles. The summed E-state index contributed by atoms with van der Waals surface area (Å²) in [5.74, 6) is 0.286. The summed E-state index contributed by atoms with van der Waals surface area (Å²) in [6.07, 6.45) is 3.52. The Kier molecular flexibility index (Phi) is 2.64. The van der Waals surface area contributed by atoms with Gasteiger partial charge in [0.05, 0.1) is 7.11 Å². The van der Waals surface area contributed by atoms with Crippen LogP contribution >= 0.6 is 0 Å². The first-order valence-corrected chi connectivity index (χ1v) is 4.79. The van der Waals surface area contributed by atoms with E-state index < -0.39 is 0 Å². The van der Waals surface area contributed by atoms with Crippen LogP contribution in [0, 0.1) is 0 Å². The van der Waals surface area contributed by atoms with Crippen molar-refractivity contribution in [3.05, 3.63) is 42.7 Å². The molecule has 0 spiro atoms. The molecular weight excluding hydrogens is 206 g/mol. The van der Waals surface area contributed by atoms with Crippen molar-refractivity contribution in [3.8, 4) is 22.9 Å². The zero-order valence-corrected chi connectivity index (χ0v) is 8.79. The van der Waals surface area contributed by atoms with Crippen LogP contribution in [0.25, 0.3) is 5.69 Å². The second-order valence-electron chi connectivity index (χ2n) is 3.27. The summed E-state index contributed by atoms with van der Waals surface area (Å²) < 4.78 is 6.76. The van der Waals surface area contributed by atoms with Crippen LogP contribution in [0.3, 0.4) is 0 Å². The number of ether oxygens (including phenoxy) is 1. The van der Waals surface area contributed by atoms with E-state index in [0.717, 1.165) is 0 Å². The predicted octanol–water partition coefficient (Wildman–Crippen LogP) is 1.38. The molecule has 0 fully saturated rings. The highest BCUT2D eigenvalue weighted by molar-refractivity contribution is 5.57. The molecule has 0 radical (unpaired) electrons. The Labute approximate surface area is 93.0 Å². The van der Waals surface area contributed by atoms with Gasteiger partial charge in [-0.3, -0.25) is 0 Å². The van der Waals surface area contributed by atoms with Crippen LogP contribution in [0.1, 0.15) is 0 Å². The molecule has 0 amide bonds.